The van der Waals surface area contributed by atoms with Crippen molar-refractivity contribution in [3.63, 3.8) is 0 Å². The average Bonchev–Trinajstić information content (AvgIpc) is 2.70. The van der Waals surface area contributed by atoms with E-state index < -0.39 is 33.4 Å². The topological polar surface area (TPSA) is 75.3 Å². The van der Waals surface area contributed by atoms with Gasteiger partial charge in [0.2, 0.25) is 0 Å². The van der Waals surface area contributed by atoms with Crippen LogP contribution in [-0.4, -0.2) is 14.3 Å². The van der Waals surface area contributed by atoms with Gasteiger partial charge < -0.3 is 5.32 Å². The lowest BCUT2D eigenvalue weighted by molar-refractivity contribution is -0.136. The monoisotopic (exact) mass is 502 g/mol. The highest BCUT2D eigenvalue weighted by atomic mass is 35.5. The minimum Gasteiger partial charge on any atom is -0.321 e. The molecule has 0 bridgehead atoms. The van der Waals surface area contributed by atoms with Crippen molar-refractivity contribution in [3.05, 3.63) is 87.4 Å². The Balaban J connectivity index is 1.83. The van der Waals surface area contributed by atoms with Gasteiger partial charge in [-0.1, -0.05) is 40.9 Å². The first kappa shape index (κ1) is 23.9. The van der Waals surface area contributed by atoms with Crippen LogP contribution in [0.4, 0.5) is 24.5 Å². The van der Waals surface area contributed by atoms with Crippen LogP contribution in [0.3, 0.4) is 0 Å². The molecule has 0 heterocycles. The van der Waals surface area contributed by atoms with Gasteiger partial charge in [0.1, 0.15) is 0 Å². The predicted octanol–water partition coefficient (Wildman–Crippen LogP) is 6.37. The van der Waals surface area contributed by atoms with Gasteiger partial charge in [0.05, 0.1) is 26.9 Å². The predicted molar refractivity (Wildman–Crippen MR) is 118 cm³/mol. The summed E-state index contributed by atoms with van der Waals surface area (Å²) in [5.41, 5.74) is -0.770. The van der Waals surface area contributed by atoms with E-state index in [9.17, 15) is 26.4 Å². The molecule has 3 aromatic rings. The van der Waals surface area contributed by atoms with Crippen LogP contribution in [0.1, 0.15) is 21.5 Å². The van der Waals surface area contributed by atoms with Crippen LogP contribution >= 0.6 is 23.2 Å². The van der Waals surface area contributed by atoms with E-state index in [1.54, 1.807) is 12.1 Å². The lowest BCUT2D eigenvalue weighted by Gasteiger charge is -2.15. The Morgan fingerprint density at radius 1 is 0.906 bits per heavy atom. The number of hydrogen-bond acceptors (Lipinski definition) is 3. The van der Waals surface area contributed by atoms with Crippen LogP contribution in [0.25, 0.3) is 0 Å². The van der Waals surface area contributed by atoms with E-state index in [0.717, 1.165) is 17.7 Å². The Kier molecular flexibility index (Phi) is 6.73. The van der Waals surface area contributed by atoms with Gasteiger partial charge in [-0.25, -0.2) is 8.42 Å². The molecule has 0 aromatic heterocycles. The van der Waals surface area contributed by atoms with Gasteiger partial charge in [-0.2, -0.15) is 13.2 Å². The van der Waals surface area contributed by atoms with Crippen molar-refractivity contribution in [2.45, 2.75) is 18.0 Å². The summed E-state index contributed by atoms with van der Waals surface area (Å²) in [5.74, 6) is -0.868. The van der Waals surface area contributed by atoms with Crippen LogP contribution in [0.15, 0.2) is 65.6 Å². The van der Waals surface area contributed by atoms with E-state index in [1.807, 2.05) is 6.92 Å². The fraction of sp³-hybridized carbons (Fsp3) is 0.0952. The second-order valence-electron chi connectivity index (χ2n) is 6.75. The highest BCUT2D eigenvalue weighted by molar-refractivity contribution is 7.92. The number of nitrogens with one attached hydrogen (secondary N) is 2. The molecule has 3 aromatic carbocycles. The summed E-state index contributed by atoms with van der Waals surface area (Å²) in [5, 5.41) is 1.93. The molecule has 32 heavy (non-hydrogen) atoms. The molecule has 11 heteroatoms. The third-order valence-electron chi connectivity index (χ3n) is 4.34. The van der Waals surface area contributed by atoms with Gasteiger partial charge in [-0.15, -0.1) is 0 Å². The molecule has 0 fully saturated rings. The number of hydrogen-bond donors (Lipinski definition) is 2. The number of carbonyl (C=O) groups is 1. The Morgan fingerprint density at radius 3 is 2.12 bits per heavy atom. The number of anilines is 2. The Labute approximate surface area is 192 Å². The summed E-state index contributed by atoms with van der Waals surface area (Å²) in [6, 6.07) is 12.7. The van der Waals surface area contributed by atoms with Gasteiger partial charge in [-0.05, 0) is 55.5 Å². The number of carbonyl (C=O) groups excluding carboxylic acids is 1. The molecule has 0 aliphatic heterocycles. The minimum absolute atomic E-state index is 0.00580. The van der Waals surface area contributed by atoms with Crippen molar-refractivity contribution in [2.75, 3.05) is 10.0 Å². The molecule has 168 valence electrons. The molecule has 0 unspecified atom stereocenters. The second-order valence-corrected chi connectivity index (χ2v) is 9.28. The van der Waals surface area contributed by atoms with Gasteiger partial charge in [0.25, 0.3) is 15.9 Å². The normalized spacial score (nSPS) is 11.8. The summed E-state index contributed by atoms with van der Waals surface area (Å²) >= 11 is 11.7. The molecule has 2 N–H and O–H groups in total. The number of benzene rings is 3. The number of aryl methyl sites for hydroxylation is 1. The SMILES string of the molecule is Cc1ccc(S(=O)(=O)Nc2ccc(C(=O)Nc3ccc(Cl)cc3C(F)(F)F)cc2Cl)cc1. The molecule has 3 rings (SSSR count). The van der Waals surface area contributed by atoms with Crippen LogP contribution in [-0.2, 0) is 16.2 Å². The zero-order valence-corrected chi connectivity index (χ0v) is 18.6. The fourth-order valence-corrected chi connectivity index (χ4v) is 4.25. The van der Waals surface area contributed by atoms with Crippen molar-refractivity contribution in [3.8, 4) is 0 Å². The number of rotatable bonds is 5. The maximum Gasteiger partial charge on any atom is 0.418 e. The third kappa shape index (κ3) is 5.53. The van der Waals surface area contributed by atoms with Crippen LogP contribution in [0, 0.1) is 6.92 Å². The van der Waals surface area contributed by atoms with Crippen molar-refractivity contribution < 1.29 is 26.4 Å². The maximum absolute atomic E-state index is 13.2. The molecule has 0 radical (unpaired) electrons. The number of alkyl halides is 3. The summed E-state index contributed by atoms with van der Waals surface area (Å²) < 4.78 is 67.0. The van der Waals surface area contributed by atoms with Crippen molar-refractivity contribution in [2.24, 2.45) is 0 Å². The molecule has 0 saturated carbocycles. The van der Waals surface area contributed by atoms with E-state index in [-0.39, 0.29) is 26.2 Å². The fourth-order valence-electron chi connectivity index (χ4n) is 2.71. The van der Waals surface area contributed by atoms with Crippen LogP contribution in [0.2, 0.25) is 10.0 Å². The maximum atomic E-state index is 13.2. The molecule has 0 aliphatic carbocycles. The first-order valence-electron chi connectivity index (χ1n) is 8.94. The van der Waals surface area contributed by atoms with Crippen LogP contribution in [0.5, 0.6) is 0 Å². The highest BCUT2D eigenvalue weighted by Crippen LogP contribution is 2.37. The molecule has 0 saturated heterocycles. The van der Waals surface area contributed by atoms with Gasteiger partial charge in [0.15, 0.2) is 0 Å². The van der Waals surface area contributed by atoms with Crippen molar-refractivity contribution >= 4 is 50.5 Å². The molecule has 0 atom stereocenters. The first-order chi connectivity index (χ1) is 14.9. The molecule has 0 spiro atoms. The zero-order valence-electron chi connectivity index (χ0n) is 16.3. The van der Waals surface area contributed by atoms with E-state index >= 15 is 0 Å². The molecular weight excluding hydrogens is 488 g/mol. The minimum atomic E-state index is -4.73. The Morgan fingerprint density at radius 2 is 1.53 bits per heavy atom. The van der Waals surface area contributed by atoms with Gasteiger partial charge in [0, 0.05) is 10.6 Å². The van der Waals surface area contributed by atoms with Gasteiger partial charge >= 0.3 is 6.18 Å². The largest absolute Gasteiger partial charge is 0.418 e. The highest BCUT2D eigenvalue weighted by Gasteiger charge is 2.34. The summed E-state index contributed by atoms with van der Waals surface area (Å²) in [6.07, 6.45) is -4.73. The van der Waals surface area contributed by atoms with Crippen molar-refractivity contribution in [1.82, 2.24) is 0 Å². The van der Waals surface area contributed by atoms with Crippen molar-refractivity contribution in [1.29, 1.82) is 0 Å². The standard InChI is InChI=1S/C21H15Cl2F3N2O3S/c1-12-2-6-15(7-3-12)32(30,31)28-19-8-4-13(10-17(19)23)20(29)27-18-9-5-14(22)11-16(18)21(24,25)26/h2-11,28H,1H3,(H,27,29). The zero-order chi connectivity index (χ0) is 23.7. The smallest absolute Gasteiger partial charge is 0.321 e. The van der Waals surface area contributed by atoms with E-state index in [0.29, 0.717) is 6.07 Å². The number of halogens is 5. The van der Waals surface area contributed by atoms with E-state index in [4.69, 9.17) is 23.2 Å². The van der Waals surface area contributed by atoms with Crippen LogP contribution < -0.4 is 10.0 Å². The first-order valence-corrected chi connectivity index (χ1v) is 11.2. The molecule has 5 nitrogen and oxygen atoms in total. The molecule has 1 amide bonds. The third-order valence-corrected chi connectivity index (χ3v) is 6.27. The molecule has 0 aliphatic rings. The lowest BCUT2D eigenvalue weighted by Crippen LogP contribution is -2.17. The quantitative estimate of drug-likeness (QED) is 0.425. The number of sulfonamides is 1. The Hall–Kier alpha value is -2.75. The number of amides is 1. The second kappa shape index (κ2) is 9.01. The summed E-state index contributed by atoms with van der Waals surface area (Å²) in [7, 11) is -3.93. The van der Waals surface area contributed by atoms with E-state index in [2.05, 4.69) is 10.0 Å². The summed E-state index contributed by atoms with van der Waals surface area (Å²) in [4.78, 5) is 12.5. The van der Waals surface area contributed by atoms with Gasteiger partial charge in [-0.3, -0.25) is 9.52 Å². The Bertz CT molecular complexity index is 1280. The molecular formula is C21H15Cl2F3N2O3S. The lowest BCUT2D eigenvalue weighted by atomic mass is 10.1. The van der Waals surface area contributed by atoms with E-state index in [1.165, 1.54) is 30.3 Å². The average molecular weight is 503 g/mol. The summed E-state index contributed by atoms with van der Waals surface area (Å²) in [6.45, 7) is 1.81.